The molecule has 0 aliphatic heterocycles. The molecule has 0 fully saturated rings. The third-order valence-electron chi connectivity index (χ3n) is 1.88. The van der Waals surface area contributed by atoms with Gasteiger partial charge in [0.25, 0.3) is 0 Å². The first-order valence-electron chi connectivity index (χ1n) is 3.80. The van der Waals surface area contributed by atoms with Crippen LogP contribution in [0.2, 0.25) is 5.02 Å². The normalized spacial score (nSPS) is 12.6. The van der Waals surface area contributed by atoms with E-state index in [1.165, 1.54) is 6.92 Å². The van der Waals surface area contributed by atoms with Crippen molar-refractivity contribution < 1.29 is 18.7 Å². The third-order valence-corrected chi connectivity index (χ3v) is 2.15. The van der Waals surface area contributed by atoms with E-state index in [9.17, 15) is 13.6 Å². The summed E-state index contributed by atoms with van der Waals surface area (Å²) in [6, 6.07) is 1.94. The molecule has 1 aromatic carbocycles. The van der Waals surface area contributed by atoms with E-state index in [-0.39, 0.29) is 5.56 Å². The molecule has 1 atom stereocenters. The van der Waals surface area contributed by atoms with Gasteiger partial charge in [0, 0.05) is 0 Å². The second-order valence-electron chi connectivity index (χ2n) is 2.86. The highest BCUT2D eigenvalue weighted by atomic mass is 35.5. The highest BCUT2D eigenvalue weighted by molar-refractivity contribution is 6.30. The van der Waals surface area contributed by atoms with Gasteiger partial charge >= 0.3 is 5.97 Å². The van der Waals surface area contributed by atoms with Crippen LogP contribution < -0.4 is 0 Å². The molecule has 0 saturated carbocycles. The zero-order chi connectivity index (χ0) is 10.9. The van der Waals surface area contributed by atoms with E-state index in [1.807, 2.05) is 0 Å². The number of hydrogen-bond acceptors (Lipinski definition) is 1. The number of carboxylic acids is 1. The Hall–Kier alpha value is -1.16. The van der Waals surface area contributed by atoms with E-state index >= 15 is 0 Å². The lowest BCUT2D eigenvalue weighted by molar-refractivity contribution is -0.138. The van der Waals surface area contributed by atoms with Crippen molar-refractivity contribution in [3.8, 4) is 0 Å². The molecule has 0 radical (unpaired) electrons. The fraction of sp³-hybridized carbons (Fsp3) is 0.222. The molecule has 5 heteroatoms. The van der Waals surface area contributed by atoms with Crippen LogP contribution in [0, 0.1) is 11.6 Å². The van der Waals surface area contributed by atoms with E-state index in [0.29, 0.717) is 0 Å². The van der Waals surface area contributed by atoms with Crippen LogP contribution in [0.15, 0.2) is 12.1 Å². The Morgan fingerprint density at radius 2 is 2.07 bits per heavy atom. The Morgan fingerprint density at radius 1 is 1.50 bits per heavy atom. The summed E-state index contributed by atoms with van der Waals surface area (Å²) >= 11 is 5.36. The van der Waals surface area contributed by atoms with Crippen molar-refractivity contribution in [2.45, 2.75) is 12.8 Å². The van der Waals surface area contributed by atoms with Gasteiger partial charge < -0.3 is 5.11 Å². The number of carbonyl (C=O) groups is 1. The van der Waals surface area contributed by atoms with Crippen molar-refractivity contribution >= 4 is 17.6 Å². The predicted molar refractivity (Wildman–Crippen MR) is 47.4 cm³/mol. The standard InChI is InChI=1S/C9H7ClF2O2/c1-4(9(13)14)5-2-6(10)8(12)7(11)3-5/h2-4H,1H3,(H,13,14). The molecule has 0 aromatic heterocycles. The molecule has 2 nitrogen and oxygen atoms in total. The van der Waals surface area contributed by atoms with Crippen molar-refractivity contribution in [1.82, 2.24) is 0 Å². The second kappa shape index (κ2) is 3.92. The molecule has 76 valence electrons. The summed E-state index contributed by atoms with van der Waals surface area (Å²) in [6.45, 7) is 1.37. The second-order valence-corrected chi connectivity index (χ2v) is 3.27. The molecule has 0 bridgehead atoms. The molecule has 1 rings (SSSR count). The number of aliphatic carboxylic acids is 1. The number of hydrogen-bond donors (Lipinski definition) is 1. The quantitative estimate of drug-likeness (QED) is 0.779. The Labute approximate surface area is 84.1 Å². The molecule has 0 spiro atoms. The van der Waals surface area contributed by atoms with E-state index in [0.717, 1.165) is 12.1 Å². The van der Waals surface area contributed by atoms with Crippen LogP contribution in [-0.2, 0) is 4.79 Å². The summed E-state index contributed by atoms with van der Waals surface area (Å²) in [5, 5.41) is 8.22. The molecule has 0 amide bonds. The molecule has 0 saturated heterocycles. The average Bonchev–Trinajstić information content (AvgIpc) is 2.12. The fourth-order valence-corrected chi connectivity index (χ4v) is 1.18. The minimum absolute atomic E-state index is 0.140. The maximum atomic E-state index is 12.8. The molecule has 0 heterocycles. The Bertz CT molecular complexity index is 356. The monoisotopic (exact) mass is 220 g/mol. The number of halogens is 3. The maximum absolute atomic E-state index is 12.8. The van der Waals surface area contributed by atoms with Crippen LogP contribution in [0.4, 0.5) is 8.78 Å². The van der Waals surface area contributed by atoms with Crippen molar-refractivity contribution in [3.05, 3.63) is 34.4 Å². The van der Waals surface area contributed by atoms with Crippen LogP contribution in [-0.4, -0.2) is 11.1 Å². The zero-order valence-corrected chi connectivity index (χ0v) is 7.98. The predicted octanol–water partition coefficient (Wildman–Crippen LogP) is 2.81. The van der Waals surface area contributed by atoms with Gasteiger partial charge in [-0.1, -0.05) is 11.6 Å². The summed E-state index contributed by atoms with van der Waals surface area (Å²) in [4.78, 5) is 10.5. The van der Waals surface area contributed by atoms with Gasteiger partial charge in [0.2, 0.25) is 0 Å². The lowest BCUT2D eigenvalue weighted by Gasteiger charge is -2.07. The first kappa shape index (κ1) is 10.9. The van der Waals surface area contributed by atoms with E-state index in [4.69, 9.17) is 16.7 Å². The third kappa shape index (κ3) is 2.01. The Morgan fingerprint density at radius 3 is 2.50 bits per heavy atom. The summed E-state index contributed by atoms with van der Waals surface area (Å²) in [7, 11) is 0. The number of benzene rings is 1. The topological polar surface area (TPSA) is 37.3 Å². The van der Waals surface area contributed by atoms with E-state index in [2.05, 4.69) is 0 Å². The fourth-order valence-electron chi connectivity index (χ4n) is 0.968. The summed E-state index contributed by atoms with van der Waals surface area (Å²) in [5.74, 6) is -4.33. The van der Waals surface area contributed by atoms with Gasteiger partial charge in [0.15, 0.2) is 11.6 Å². The van der Waals surface area contributed by atoms with Gasteiger partial charge in [0.05, 0.1) is 10.9 Å². The van der Waals surface area contributed by atoms with Crippen molar-refractivity contribution in [2.24, 2.45) is 0 Å². The van der Waals surface area contributed by atoms with Crippen molar-refractivity contribution in [3.63, 3.8) is 0 Å². The molecular formula is C9H7ClF2O2. The Kier molecular flexibility index (Phi) is 3.06. The van der Waals surface area contributed by atoms with Crippen LogP contribution in [0.25, 0.3) is 0 Å². The molecule has 0 aliphatic carbocycles. The smallest absolute Gasteiger partial charge is 0.310 e. The minimum Gasteiger partial charge on any atom is -0.481 e. The molecule has 14 heavy (non-hydrogen) atoms. The van der Waals surface area contributed by atoms with E-state index < -0.39 is 28.5 Å². The van der Waals surface area contributed by atoms with Crippen LogP contribution in [0.5, 0.6) is 0 Å². The molecule has 1 N–H and O–H groups in total. The average molecular weight is 221 g/mol. The number of rotatable bonds is 2. The van der Waals surface area contributed by atoms with Gasteiger partial charge in [-0.05, 0) is 24.6 Å². The van der Waals surface area contributed by atoms with Crippen molar-refractivity contribution in [1.29, 1.82) is 0 Å². The first-order valence-corrected chi connectivity index (χ1v) is 4.18. The van der Waals surface area contributed by atoms with Crippen LogP contribution in [0.1, 0.15) is 18.4 Å². The SMILES string of the molecule is CC(C(=O)O)c1cc(F)c(F)c(Cl)c1. The molecule has 1 aromatic rings. The van der Waals surface area contributed by atoms with E-state index in [1.54, 1.807) is 0 Å². The minimum atomic E-state index is -1.16. The molecular weight excluding hydrogens is 214 g/mol. The maximum Gasteiger partial charge on any atom is 0.310 e. The summed E-state index contributed by atoms with van der Waals surface area (Å²) in [6.07, 6.45) is 0. The van der Waals surface area contributed by atoms with Gasteiger partial charge in [-0.3, -0.25) is 4.79 Å². The van der Waals surface area contributed by atoms with Gasteiger partial charge in [-0.25, -0.2) is 8.78 Å². The first-order chi connectivity index (χ1) is 6.43. The summed E-state index contributed by atoms with van der Waals surface area (Å²) in [5.41, 5.74) is 0.140. The van der Waals surface area contributed by atoms with Gasteiger partial charge in [0.1, 0.15) is 0 Å². The lowest BCUT2D eigenvalue weighted by atomic mass is 10.0. The van der Waals surface area contributed by atoms with Crippen molar-refractivity contribution in [2.75, 3.05) is 0 Å². The molecule has 0 aliphatic rings. The highest BCUT2D eigenvalue weighted by Gasteiger charge is 2.17. The Balaban J connectivity index is 3.19. The highest BCUT2D eigenvalue weighted by Crippen LogP contribution is 2.24. The van der Waals surface area contributed by atoms with Crippen LogP contribution in [0.3, 0.4) is 0 Å². The summed E-state index contributed by atoms with van der Waals surface area (Å²) < 4.78 is 25.5. The van der Waals surface area contributed by atoms with Crippen LogP contribution >= 0.6 is 11.6 Å². The van der Waals surface area contributed by atoms with Gasteiger partial charge in [-0.2, -0.15) is 0 Å². The largest absolute Gasteiger partial charge is 0.481 e. The van der Waals surface area contributed by atoms with Gasteiger partial charge in [-0.15, -0.1) is 0 Å². The lowest BCUT2D eigenvalue weighted by Crippen LogP contribution is -2.08. The zero-order valence-electron chi connectivity index (χ0n) is 7.22. The molecule has 1 unspecified atom stereocenters. The number of carboxylic acid groups (broad SMARTS) is 1.